The van der Waals surface area contributed by atoms with Crippen molar-refractivity contribution in [1.82, 2.24) is 5.32 Å². The highest BCUT2D eigenvalue weighted by Crippen LogP contribution is 2.35. The molecule has 4 rings (SSSR count). The van der Waals surface area contributed by atoms with Gasteiger partial charge in [-0.05, 0) is 54.2 Å². The van der Waals surface area contributed by atoms with Gasteiger partial charge in [0.05, 0.1) is 7.11 Å². The van der Waals surface area contributed by atoms with Gasteiger partial charge in [0.15, 0.2) is 0 Å². The quantitative estimate of drug-likeness (QED) is 0.634. The first kappa shape index (κ1) is 18.7. The van der Waals surface area contributed by atoms with Crippen molar-refractivity contribution in [2.45, 2.75) is 37.8 Å². The Morgan fingerprint density at radius 3 is 2.54 bits per heavy atom. The third kappa shape index (κ3) is 4.10. The number of rotatable bonds is 6. The van der Waals surface area contributed by atoms with Gasteiger partial charge in [0.25, 0.3) is 0 Å². The van der Waals surface area contributed by atoms with Gasteiger partial charge in [0.2, 0.25) is 0 Å². The van der Waals surface area contributed by atoms with E-state index in [1.807, 2.05) is 30.3 Å². The molecule has 0 fully saturated rings. The Hall–Kier alpha value is -2.65. The van der Waals surface area contributed by atoms with Gasteiger partial charge < -0.3 is 10.1 Å². The lowest BCUT2D eigenvalue weighted by Crippen LogP contribution is -2.39. The van der Waals surface area contributed by atoms with Crippen LogP contribution in [0.2, 0.25) is 0 Å². The minimum Gasteiger partial charge on any atom is -0.496 e. The molecule has 2 atom stereocenters. The summed E-state index contributed by atoms with van der Waals surface area (Å²) in [6.07, 6.45) is 3.08. The number of benzene rings is 3. The summed E-state index contributed by atoms with van der Waals surface area (Å²) in [7, 11) is 1.72. The minimum atomic E-state index is -0.182. The fraction of sp³-hybridized carbons (Fsp3) is 0.280. The van der Waals surface area contributed by atoms with Gasteiger partial charge in [-0.25, -0.2) is 4.39 Å². The van der Waals surface area contributed by atoms with Crippen molar-refractivity contribution in [2.24, 2.45) is 0 Å². The number of methoxy groups -OCH3 is 1. The summed E-state index contributed by atoms with van der Waals surface area (Å²) in [6.45, 7) is 0.775. The standard InChI is InChI=1S/C25H26FNO/c1-28-25-9-5-3-7-20(25)17-27-24-15-12-19-6-2-4-8-22(19)23(24)16-18-10-13-21(26)14-11-18/h2-11,13-14,23-24,27H,12,15-17H2,1H3/t23-,24+/m1/s1. The molecule has 28 heavy (non-hydrogen) atoms. The molecule has 3 heteroatoms. The molecule has 0 bridgehead atoms. The Morgan fingerprint density at radius 2 is 1.71 bits per heavy atom. The molecular weight excluding hydrogens is 349 g/mol. The molecule has 1 aliphatic rings. The van der Waals surface area contributed by atoms with E-state index < -0.39 is 0 Å². The van der Waals surface area contributed by atoms with E-state index in [0.717, 1.165) is 31.6 Å². The number of aryl methyl sites for hydroxylation is 1. The number of nitrogens with one attached hydrogen (secondary N) is 1. The molecule has 0 radical (unpaired) electrons. The Morgan fingerprint density at radius 1 is 0.964 bits per heavy atom. The second-order valence-corrected chi connectivity index (χ2v) is 7.47. The van der Waals surface area contributed by atoms with Crippen molar-refractivity contribution < 1.29 is 9.13 Å². The van der Waals surface area contributed by atoms with Crippen molar-refractivity contribution in [3.63, 3.8) is 0 Å². The van der Waals surface area contributed by atoms with Crippen LogP contribution >= 0.6 is 0 Å². The average molecular weight is 375 g/mol. The Kier molecular flexibility index (Phi) is 5.73. The Balaban J connectivity index is 1.57. The van der Waals surface area contributed by atoms with E-state index in [1.165, 1.54) is 22.3 Å². The molecule has 144 valence electrons. The lowest BCUT2D eigenvalue weighted by Gasteiger charge is -2.35. The maximum atomic E-state index is 13.3. The first-order valence-electron chi connectivity index (χ1n) is 9.92. The van der Waals surface area contributed by atoms with E-state index in [1.54, 1.807) is 19.2 Å². The van der Waals surface area contributed by atoms with E-state index in [9.17, 15) is 4.39 Å². The van der Waals surface area contributed by atoms with Crippen LogP contribution in [0.5, 0.6) is 5.75 Å². The van der Waals surface area contributed by atoms with Crippen LogP contribution in [0.25, 0.3) is 0 Å². The van der Waals surface area contributed by atoms with Crippen molar-refractivity contribution in [3.05, 3.63) is 101 Å². The van der Waals surface area contributed by atoms with E-state index >= 15 is 0 Å². The zero-order chi connectivity index (χ0) is 19.3. The van der Waals surface area contributed by atoms with Gasteiger partial charge in [0.1, 0.15) is 11.6 Å². The summed E-state index contributed by atoms with van der Waals surface area (Å²) in [5.41, 5.74) is 5.19. The number of hydrogen-bond acceptors (Lipinski definition) is 2. The average Bonchev–Trinajstić information content (AvgIpc) is 2.75. The first-order chi connectivity index (χ1) is 13.7. The topological polar surface area (TPSA) is 21.3 Å². The summed E-state index contributed by atoms with van der Waals surface area (Å²) in [4.78, 5) is 0. The van der Waals surface area contributed by atoms with Crippen LogP contribution in [-0.2, 0) is 19.4 Å². The summed E-state index contributed by atoms with van der Waals surface area (Å²) < 4.78 is 18.8. The Labute approximate surface area is 166 Å². The maximum Gasteiger partial charge on any atom is 0.123 e. The summed E-state index contributed by atoms with van der Waals surface area (Å²) in [5, 5.41) is 3.78. The molecular formula is C25H26FNO. The summed E-state index contributed by atoms with van der Waals surface area (Å²) in [6, 6.07) is 24.2. The lowest BCUT2D eigenvalue weighted by atomic mass is 9.76. The van der Waals surface area contributed by atoms with Gasteiger partial charge in [-0.3, -0.25) is 0 Å². The van der Waals surface area contributed by atoms with Crippen molar-refractivity contribution in [1.29, 1.82) is 0 Å². The van der Waals surface area contributed by atoms with Crippen LogP contribution in [-0.4, -0.2) is 13.2 Å². The SMILES string of the molecule is COc1ccccc1CN[C@H]1CCc2ccccc2[C@H]1Cc1ccc(F)cc1. The fourth-order valence-electron chi connectivity index (χ4n) is 4.31. The van der Waals surface area contributed by atoms with Crippen molar-refractivity contribution >= 4 is 0 Å². The predicted molar refractivity (Wildman–Crippen MR) is 111 cm³/mol. The van der Waals surface area contributed by atoms with Crippen LogP contribution < -0.4 is 10.1 Å². The second-order valence-electron chi connectivity index (χ2n) is 7.47. The van der Waals surface area contributed by atoms with Gasteiger partial charge in [-0.15, -0.1) is 0 Å². The third-order valence-corrected chi connectivity index (χ3v) is 5.78. The van der Waals surface area contributed by atoms with E-state index in [0.29, 0.717) is 12.0 Å². The molecule has 0 aromatic heterocycles. The number of halogens is 1. The van der Waals surface area contributed by atoms with E-state index in [-0.39, 0.29) is 5.82 Å². The molecule has 2 nitrogen and oxygen atoms in total. The molecule has 0 aliphatic heterocycles. The lowest BCUT2D eigenvalue weighted by molar-refractivity contribution is 0.373. The highest BCUT2D eigenvalue weighted by Gasteiger charge is 2.29. The van der Waals surface area contributed by atoms with Gasteiger partial charge in [-0.2, -0.15) is 0 Å². The number of fused-ring (bicyclic) bond motifs is 1. The molecule has 0 heterocycles. The molecule has 1 N–H and O–H groups in total. The first-order valence-corrected chi connectivity index (χ1v) is 9.92. The normalized spacial score (nSPS) is 18.5. The van der Waals surface area contributed by atoms with Crippen LogP contribution in [0.4, 0.5) is 4.39 Å². The van der Waals surface area contributed by atoms with Crippen molar-refractivity contribution in [3.8, 4) is 5.75 Å². The summed E-state index contributed by atoms with van der Waals surface area (Å²) >= 11 is 0. The zero-order valence-corrected chi connectivity index (χ0v) is 16.2. The Bertz CT molecular complexity index is 922. The largest absolute Gasteiger partial charge is 0.496 e. The highest BCUT2D eigenvalue weighted by molar-refractivity contribution is 5.37. The summed E-state index contributed by atoms with van der Waals surface area (Å²) in [5.74, 6) is 1.10. The number of hydrogen-bond donors (Lipinski definition) is 1. The molecule has 0 amide bonds. The molecule has 0 saturated heterocycles. The highest BCUT2D eigenvalue weighted by atomic mass is 19.1. The molecule has 0 unspecified atom stereocenters. The van der Waals surface area contributed by atoms with Crippen LogP contribution in [0.1, 0.15) is 34.6 Å². The van der Waals surface area contributed by atoms with Crippen LogP contribution in [0.15, 0.2) is 72.8 Å². The third-order valence-electron chi connectivity index (χ3n) is 5.78. The maximum absolute atomic E-state index is 13.3. The van der Waals surface area contributed by atoms with Gasteiger partial charge in [0, 0.05) is 24.1 Å². The number of para-hydroxylation sites is 1. The van der Waals surface area contributed by atoms with E-state index in [2.05, 4.69) is 35.6 Å². The van der Waals surface area contributed by atoms with Gasteiger partial charge >= 0.3 is 0 Å². The number of ether oxygens (including phenoxy) is 1. The molecule has 3 aromatic rings. The molecule has 3 aromatic carbocycles. The molecule has 1 aliphatic carbocycles. The molecule has 0 saturated carbocycles. The van der Waals surface area contributed by atoms with E-state index in [4.69, 9.17) is 4.74 Å². The fourth-order valence-corrected chi connectivity index (χ4v) is 4.31. The smallest absolute Gasteiger partial charge is 0.123 e. The predicted octanol–water partition coefficient (Wildman–Crippen LogP) is 5.27. The van der Waals surface area contributed by atoms with Gasteiger partial charge in [-0.1, -0.05) is 54.6 Å². The van der Waals surface area contributed by atoms with Crippen molar-refractivity contribution in [2.75, 3.05) is 7.11 Å². The monoisotopic (exact) mass is 375 g/mol. The molecule has 0 spiro atoms. The van der Waals surface area contributed by atoms with Crippen LogP contribution in [0.3, 0.4) is 0 Å². The second kappa shape index (κ2) is 8.57. The van der Waals surface area contributed by atoms with Crippen LogP contribution in [0, 0.1) is 5.82 Å². The minimum absolute atomic E-state index is 0.182. The zero-order valence-electron chi connectivity index (χ0n) is 16.2.